The van der Waals surface area contributed by atoms with E-state index in [0.29, 0.717) is 21.9 Å². The molecule has 0 bridgehead atoms. The first-order valence-electron chi connectivity index (χ1n) is 6.73. The summed E-state index contributed by atoms with van der Waals surface area (Å²) in [6.45, 7) is 5.48. The maximum atomic E-state index is 11.7. The highest BCUT2D eigenvalue weighted by molar-refractivity contribution is 7.99. The highest BCUT2D eigenvalue weighted by atomic mass is 32.2. The molecular formula is C14H22N2O2S2. The van der Waals surface area contributed by atoms with Crippen molar-refractivity contribution in [1.82, 2.24) is 0 Å². The van der Waals surface area contributed by atoms with Crippen LogP contribution in [-0.4, -0.2) is 25.9 Å². The molecule has 0 unspecified atom stereocenters. The smallest absolute Gasteiger partial charge is 0.350 e. The van der Waals surface area contributed by atoms with E-state index in [1.54, 1.807) is 11.8 Å². The highest BCUT2D eigenvalue weighted by Gasteiger charge is 2.45. The minimum atomic E-state index is -0.360. The first kappa shape index (κ1) is 15.5. The van der Waals surface area contributed by atoms with Gasteiger partial charge in [-0.3, -0.25) is 0 Å². The van der Waals surface area contributed by atoms with Gasteiger partial charge in [0, 0.05) is 6.54 Å². The maximum Gasteiger partial charge on any atom is 0.350 e. The van der Waals surface area contributed by atoms with Gasteiger partial charge in [-0.1, -0.05) is 13.8 Å². The van der Waals surface area contributed by atoms with Gasteiger partial charge in [-0.15, -0.1) is 23.1 Å². The molecular weight excluding hydrogens is 292 g/mol. The van der Waals surface area contributed by atoms with Gasteiger partial charge in [0.15, 0.2) is 0 Å². The second-order valence-electron chi connectivity index (χ2n) is 5.57. The van der Waals surface area contributed by atoms with E-state index >= 15 is 0 Å². The van der Waals surface area contributed by atoms with Gasteiger partial charge in [-0.05, 0) is 30.4 Å². The van der Waals surface area contributed by atoms with Crippen LogP contribution in [0.2, 0.25) is 0 Å². The van der Waals surface area contributed by atoms with Crippen LogP contribution in [-0.2, 0) is 4.74 Å². The lowest BCUT2D eigenvalue weighted by Gasteiger charge is -2.20. The summed E-state index contributed by atoms with van der Waals surface area (Å²) in [6, 6.07) is 0. The minimum Gasteiger partial charge on any atom is -0.465 e. The van der Waals surface area contributed by atoms with E-state index in [9.17, 15) is 4.79 Å². The number of hydrogen-bond acceptors (Lipinski definition) is 6. The first-order valence-corrected chi connectivity index (χ1v) is 8.77. The van der Waals surface area contributed by atoms with Gasteiger partial charge in [0.1, 0.15) is 9.88 Å². The Hall–Kier alpha value is -0.880. The fraction of sp³-hybridized carbons (Fsp3) is 0.643. The second-order valence-corrected chi connectivity index (χ2v) is 7.41. The van der Waals surface area contributed by atoms with E-state index in [0.717, 1.165) is 16.4 Å². The van der Waals surface area contributed by atoms with Crippen LogP contribution in [0, 0.1) is 11.3 Å². The second kappa shape index (κ2) is 5.85. The van der Waals surface area contributed by atoms with Gasteiger partial charge < -0.3 is 15.8 Å². The third kappa shape index (κ3) is 2.76. The normalized spacial score (nSPS) is 16.2. The lowest BCUT2D eigenvalue weighted by Crippen LogP contribution is -2.20. The van der Waals surface area contributed by atoms with Crippen LogP contribution < -0.4 is 11.1 Å². The summed E-state index contributed by atoms with van der Waals surface area (Å²) >= 11 is 2.96. The molecule has 0 atom stereocenters. The number of thiophene rings is 1. The van der Waals surface area contributed by atoms with Crippen LogP contribution in [0.4, 0.5) is 10.7 Å². The number of thioether (sulfide) groups is 1. The molecule has 112 valence electrons. The van der Waals surface area contributed by atoms with Gasteiger partial charge in [0.2, 0.25) is 0 Å². The number of carbonyl (C=O) groups excluding carboxylic acids is 1. The molecule has 0 spiro atoms. The summed E-state index contributed by atoms with van der Waals surface area (Å²) in [5.74, 6) is 0.311. The van der Waals surface area contributed by atoms with Crippen molar-refractivity contribution in [3.05, 3.63) is 4.88 Å². The largest absolute Gasteiger partial charge is 0.465 e. The Morgan fingerprint density at radius 2 is 2.20 bits per heavy atom. The van der Waals surface area contributed by atoms with Crippen LogP contribution in [0.25, 0.3) is 0 Å². The Morgan fingerprint density at radius 1 is 1.55 bits per heavy atom. The molecule has 2 rings (SSSR count). The summed E-state index contributed by atoms with van der Waals surface area (Å²) in [7, 11) is 1.38. The van der Waals surface area contributed by atoms with E-state index < -0.39 is 0 Å². The van der Waals surface area contributed by atoms with Gasteiger partial charge in [-0.2, -0.15) is 0 Å². The molecule has 0 saturated heterocycles. The molecule has 1 fully saturated rings. The van der Waals surface area contributed by atoms with Crippen molar-refractivity contribution in [1.29, 1.82) is 0 Å². The molecule has 1 heterocycles. The van der Waals surface area contributed by atoms with Crippen molar-refractivity contribution in [2.24, 2.45) is 11.3 Å². The molecule has 20 heavy (non-hydrogen) atoms. The van der Waals surface area contributed by atoms with Crippen molar-refractivity contribution in [3.63, 3.8) is 0 Å². The zero-order valence-corrected chi connectivity index (χ0v) is 14.0. The van der Waals surface area contributed by atoms with Crippen LogP contribution in [0.3, 0.4) is 0 Å². The summed E-state index contributed by atoms with van der Waals surface area (Å²) < 4.78 is 4.78. The van der Waals surface area contributed by atoms with E-state index in [2.05, 4.69) is 19.2 Å². The molecule has 1 aliphatic rings. The SMILES string of the molecule is COC(=O)c1sc(NCC2(C(C)C)CC2)c(SC)c1N. The predicted molar refractivity (Wildman–Crippen MR) is 86.8 cm³/mol. The molecule has 4 nitrogen and oxygen atoms in total. The maximum absolute atomic E-state index is 11.7. The first-order chi connectivity index (χ1) is 9.45. The molecule has 1 aromatic rings. The van der Waals surface area contributed by atoms with E-state index in [1.807, 2.05) is 6.26 Å². The number of hydrogen-bond donors (Lipinski definition) is 2. The van der Waals surface area contributed by atoms with E-state index in [1.165, 1.54) is 31.3 Å². The summed E-state index contributed by atoms with van der Waals surface area (Å²) in [5.41, 5.74) is 7.00. The number of anilines is 2. The van der Waals surface area contributed by atoms with Crippen LogP contribution in [0.5, 0.6) is 0 Å². The van der Waals surface area contributed by atoms with Crippen molar-refractivity contribution < 1.29 is 9.53 Å². The number of rotatable bonds is 6. The Labute approximate surface area is 128 Å². The number of methoxy groups -OCH3 is 1. The van der Waals surface area contributed by atoms with Crippen LogP contribution in [0.15, 0.2) is 4.90 Å². The Kier molecular flexibility index (Phi) is 4.54. The number of esters is 1. The van der Waals surface area contributed by atoms with Crippen molar-refractivity contribution in [2.45, 2.75) is 31.6 Å². The Balaban J connectivity index is 2.17. The molecule has 6 heteroatoms. The number of carbonyl (C=O) groups is 1. The third-order valence-corrected chi connectivity index (χ3v) is 6.30. The highest BCUT2D eigenvalue weighted by Crippen LogP contribution is 2.52. The summed E-state index contributed by atoms with van der Waals surface area (Å²) in [6.07, 6.45) is 4.52. The average molecular weight is 314 g/mol. The minimum absolute atomic E-state index is 0.360. The molecule has 1 aromatic heterocycles. The Morgan fingerprint density at radius 3 is 2.65 bits per heavy atom. The molecule has 0 amide bonds. The monoisotopic (exact) mass is 314 g/mol. The molecule has 3 N–H and O–H groups in total. The number of ether oxygens (including phenoxy) is 1. The lowest BCUT2D eigenvalue weighted by atomic mass is 9.92. The molecule has 1 saturated carbocycles. The fourth-order valence-corrected chi connectivity index (χ4v) is 4.32. The summed E-state index contributed by atoms with van der Waals surface area (Å²) in [4.78, 5) is 13.2. The lowest BCUT2D eigenvalue weighted by molar-refractivity contribution is 0.0607. The van der Waals surface area contributed by atoms with Gasteiger partial charge in [-0.25, -0.2) is 4.79 Å². The van der Waals surface area contributed by atoms with Crippen LogP contribution >= 0.6 is 23.1 Å². The van der Waals surface area contributed by atoms with Gasteiger partial charge in [0.25, 0.3) is 0 Å². The molecule has 0 aromatic carbocycles. The number of nitrogen functional groups attached to an aromatic ring is 1. The van der Waals surface area contributed by atoms with Crippen molar-refractivity contribution >= 4 is 39.8 Å². The van der Waals surface area contributed by atoms with Gasteiger partial charge >= 0.3 is 5.97 Å². The fourth-order valence-electron chi connectivity index (χ4n) is 2.37. The predicted octanol–water partition coefficient (Wildman–Crippen LogP) is 3.69. The molecule has 1 aliphatic carbocycles. The van der Waals surface area contributed by atoms with E-state index in [-0.39, 0.29) is 5.97 Å². The average Bonchev–Trinajstić information content (AvgIpc) is 3.15. The van der Waals surface area contributed by atoms with E-state index in [4.69, 9.17) is 10.5 Å². The molecule has 0 aliphatic heterocycles. The summed E-state index contributed by atoms with van der Waals surface area (Å²) in [5, 5.41) is 4.49. The standard InChI is InChI=1S/C14H22N2O2S2/c1-8(2)14(5-6-14)7-16-12-10(19-4)9(15)11(20-12)13(17)18-3/h8,16H,5-7,15H2,1-4H3. The van der Waals surface area contributed by atoms with Gasteiger partial charge in [0.05, 0.1) is 17.7 Å². The zero-order chi connectivity index (χ0) is 14.9. The molecule has 0 radical (unpaired) electrons. The number of nitrogens with two attached hydrogens (primary N) is 1. The quantitative estimate of drug-likeness (QED) is 0.619. The van der Waals surface area contributed by atoms with Crippen molar-refractivity contribution in [2.75, 3.05) is 31.0 Å². The van der Waals surface area contributed by atoms with Crippen LogP contribution in [0.1, 0.15) is 36.4 Å². The number of nitrogens with one attached hydrogen (secondary N) is 1. The van der Waals surface area contributed by atoms with Crippen molar-refractivity contribution in [3.8, 4) is 0 Å². The Bertz CT molecular complexity index is 508. The topological polar surface area (TPSA) is 64.3 Å². The zero-order valence-electron chi connectivity index (χ0n) is 12.4. The third-order valence-electron chi connectivity index (χ3n) is 4.19.